The van der Waals surface area contributed by atoms with Gasteiger partial charge in [-0.3, -0.25) is 4.90 Å². The molecule has 0 aromatic carbocycles. The molecule has 0 radical (unpaired) electrons. The summed E-state index contributed by atoms with van der Waals surface area (Å²) in [5.41, 5.74) is 5.35. The molecule has 0 bridgehead atoms. The van der Waals surface area contributed by atoms with Crippen LogP contribution >= 0.6 is 0 Å². The van der Waals surface area contributed by atoms with Gasteiger partial charge in [0.05, 0.1) is 13.1 Å². The van der Waals surface area contributed by atoms with Crippen LogP contribution in [0.1, 0.15) is 5.76 Å². The Labute approximate surface area is 120 Å². The molecule has 0 atom stereocenters. The van der Waals surface area contributed by atoms with Gasteiger partial charge < -0.3 is 10.2 Å². The van der Waals surface area contributed by atoms with Crippen molar-refractivity contribution in [1.82, 2.24) is 9.21 Å². The molecule has 1 aromatic rings. The second-order valence-electron chi connectivity index (χ2n) is 4.72. The Morgan fingerprint density at radius 3 is 2.29 bits per heavy atom. The van der Waals surface area contributed by atoms with Crippen molar-refractivity contribution in [1.29, 1.82) is 0 Å². The molecule has 10 heteroatoms. The Bertz CT molecular complexity index is 577. The van der Waals surface area contributed by atoms with Gasteiger partial charge in [0.15, 0.2) is 0 Å². The third-order valence-electron chi connectivity index (χ3n) is 3.17. The molecule has 1 saturated heterocycles. The Hall–Kier alpha value is -1.10. The fraction of sp³-hybridized carbons (Fsp3) is 0.636. The quantitative estimate of drug-likeness (QED) is 0.876. The lowest BCUT2D eigenvalue weighted by Crippen LogP contribution is -2.50. The van der Waals surface area contributed by atoms with Crippen molar-refractivity contribution in [3.05, 3.63) is 17.9 Å². The predicted molar refractivity (Wildman–Crippen MR) is 67.9 cm³/mol. The largest absolute Gasteiger partial charge is 0.447 e. The van der Waals surface area contributed by atoms with Gasteiger partial charge >= 0.3 is 6.18 Å². The van der Waals surface area contributed by atoms with Gasteiger partial charge in [-0.15, -0.1) is 0 Å². The third-order valence-corrected chi connectivity index (χ3v) is 4.94. The van der Waals surface area contributed by atoms with Crippen LogP contribution in [0.15, 0.2) is 21.6 Å². The molecule has 0 spiro atoms. The van der Waals surface area contributed by atoms with E-state index >= 15 is 0 Å². The number of sulfonamides is 1. The molecule has 21 heavy (non-hydrogen) atoms. The van der Waals surface area contributed by atoms with Gasteiger partial charge in [-0.05, 0) is 12.1 Å². The van der Waals surface area contributed by atoms with Crippen LogP contribution in [-0.4, -0.2) is 56.5 Å². The van der Waals surface area contributed by atoms with Crippen LogP contribution in [0.2, 0.25) is 0 Å². The topological polar surface area (TPSA) is 79.8 Å². The number of furan rings is 1. The number of nitrogens with two attached hydrogens (primary N) is 1. The SMILES string of the molecule is NCc1ccc(S(=O)(=O)N2CCN(CC(F)(F)F)CC2)o1. The lowest BCUT2D eigenvalue weighted by atomic mass is 10.3. The van der Waals surface area contributed by atoms with Crippen molar-refractivity contribution in [3.63, 3.8) is 0 Å². The van der Waals surface area contributed by atoms with E-state index in [1.807, 2.05) is 0 Å². The van der Waals surface area contributed by atoms with E-state index < -0.39 is 22.7 Å². The summed E-state index contributed by atoms with van der Waals surface area (Å²) < 4.78 is 67.6. The van der Waals surface area contributed by atoms with Crippen LogP contribution in [0, 0.1) is 0 Å². The molecular formula is C11H16F3N3O3S. The standard InChI is InChI=1S/C11H16F3N3O3S/c12-11(13,14)8-16-3-5-17(6-4-16)21(18,19)10-2-1-9(7-15)20-10/h1-2H,3-8,15H2. The number of nitrogens with zero attached hydrogens (tertiary/aromatic N) is 2. The number of piperazine rings is 1. The fourth-order valence-corrected chi connectivity index (χ4v) is 3.47. The first kappa shape index (κ1) is 16.3. The molecule has 2 heterocycles. The summed E-state index contributed by atoms with van der Waals surface area (Å²) in [7, 11) is -3.82. The maximum absolute atomic E-state index is 12.3. The van der Waals surface area contributed by atoms with E-state index in [4.69, 9.17) is 10.2 Å². The number of hydrogen-bond acceptors (Lipinski definition) is 5. The van der Waals surface area contributed by atoms with Crippen molar-refractivity contribution < 1.29 is 26.0 Å². The first-order valence-electron chi connectivity index (χ1n) is 6.30. The van der Waals surface area contributed by atoms with E-state index in [1.165, 1.54) is 17.0 Å². The first-order valence-corrected chi connectivity index (χ1v) is 7.74. The summed E-state index contributed by atoms with van der Waals surface area (Å²) in [4.78, 5) is 1.18. The Balaban J connectivity index is 2.01. The highest BCUT2D eigenvalue weighted by Crippen LogP contribution is 2.22. The lowest BCUT2D eigenvalue weighted by Gasteiger charge is -2.33. The Kier molecular flexibility index (Phi) is 4.61. The predicted octanol–water partition coefficient (Wildman–Crippen LogP) is 0.607. The molecule has 1 aromatic heterocycles. The van der Waals surface area contributed by atoms with E-state index in [-0.39, 0.29) is 37.8 Å². The molecule has 1 aliphatic rings. The van der Waals surface area contributed by atoms with Crippen molar-refractivity contribution in [3.8, 4) is 0 Å². The second kappa shape index (κ2) is 5.95. The van der Waals surface area contributed by atoms with Crippen molar-refractivity contribution in [2.45, 2.75) is 17.8 Å². The van der Waals surface area contributed by atoms with Gasteiger partial charge in [-0.2, -0.15) is 17.5 Å². The Morgan fingerprint density at radius 2 is 1.81 bits per heavy atom. The van der Waals surface area contributed by atoms with E-state index in [0.29, 0.717) is 5.76 Å². The van der Waals surface area contributed by atoms with Crippen LogP contribution < -0.4 is 5.73 Å². The van der Waals surface area contributed by atoms with Crippen LogP contribution in [0.3, 0.4) is 0 Å². The first-order chi connectivity index (χ1) is 9.72. The molecule has 0 unspecified atom stereocenters. The van der Waals surface area contributed by atoms with Crippen molar-refractivity contribution in [2.24, 2.45) is 5.73 Å². The summed E-state index contributed by atoms with van der Waals surface area (Å²) in [6.45, 7) is -0.894. The highest BCUT2D eigenvalue weighted by atomic mass is 32.2. The molecule has 6 nitrogen and oxygen atoms in total. The van der Waals surface area contributed by atoms with Gasteiger partial charge in [0.1, 0.15) is 5.76 Å². The maximum atomic E-state index is 12.3. The summed E-state index contributed by atoms with van der Waals surface area (Å²) in [5.74, 6) is 0.337. The summed E-state index contributed by atoms with van der Waals surface area (Å²) in [5, 5.41) is -0.229. The van der Waals surface area contributed by atoms with E-state index in [0.717, 1.165) is 4.31 Å². The molecule has 2 rings (SSSR count). The summed E-state index contributed by atoms with van der Waals surface area (Å²) in [6.07, 6.45) is -4.28. The number of hydrogen-bond donors (Lipinski definition) is 1. The van der Waals surface area contributed by atoms with E-state index in [9.17, 15) is 21.6 Å². The lowest BCUT2D eigenvalue weighted by molar-refractivity contribution is -0.148. The smallest absolute Gasteiger partial charge is 0.401 e. The maximum Gasteiger partial charge on any atom is 0.401 e. The molecular weight excluding hydrogens is 311 g/mol. The van der Waals surface area contributed by atoms with Crippen molar-refractivity contribution in [2.75, 3.05) is 32.7 Å². The van der Waals surface area contributed by atoms with Gasteiger partial charge in [-0.25, -0.2) is 8.42 Å². The Morgan fingerprint density at radius 1 is 1.19 bits per heavy atom. The van der Waals surface area contributed by atoms with Gasteiger partial charge in [0.25, 0.3) is 10.0 Å². The van der Waals surface area contributed by atoms with Crippen molar-refractivity contribution >= 4 is 10.0 Å². The molecule has 1 aliphatic heterocycles. The molecule has 2 N–H and O–H groups in total. The van der Waals surface area contributed by atoms with E-state index in [2.05, 4.69) is 0 Å². The third kappa shape index (κ3) is 3.96. The number of rotatable bonds is 4. The van der Waals surface area contributed by atoms with Crippen LogP contribution in [0.5, 0.6) is 0 Å². The molecule has 0 saturated carbocycles. The minimum atomic E-state index is -4.28. The normalized spacial score (nSPS) is 19.0. The second-order valence-corrected chi connectivity index (χ2v) is 6.59. The zero-order chi connectivity index (χ0) is 15.7. The average molecular weight is 327 g/mol. The molecule has 0 amide bonds. The zero-order valence-corrected chi connectivity index (χ0v) is 12.0. The minimum Gasteiger partial charge on any atom is -0.447 e. The summed E-state index contributed by atoms with van der Waals surface area (Å²) in [6, 6.07) is 2.77. The van der Waals surface area contributed by atoms with Gasteiger partial charge in [-0.1, -0.05) is 0 Å². The van der Waals surface area contributed by atoms with Crippen LogP contribution in [0.25, 0.3) is 0 Å². The number of halogens is 3. The molecule has 1 fully saturated rings. The minimum absolute atomic E-state index is 0.00291. The molecule has 120 valence electrons. The highest BCUT2D eigenvalue weighted by Gasteiger charge is 2.35. The van der Waals surface area contributed by atoms with Crippen LogP contribution in [-0.2, 0) is 16.6 Å². The number of alkyl halides is 3. The van der Waals surface area contributed by atoms with Gasteiger partial charge in [0, 0.05) is 26.2 Å². The van der Waals surface area contributed by atoms with E-state index in [1.54, 1.807) is 0 Å². The zero-order valence-electron chi connectivity index (χ0n) is 11.1. The van der Waals surface area contributed by atoms with Gasteiger partial charge in [0.2, 0.25) is 5.09 Å². The fourth-order valence-electron chi connectivity index (χ4n) is 2.12. The highest BCUT2D eigenvalue weighted by molar-refractivity contribution is 7.89. The summed E-state index contributed by atoms with van der Waals surface area (Å²) >= 11 is 0. The van der Waals surface area contributed by atoms with Crippen LogP contribution in [0.4, 0.5) is 13.2 Å². The monoisotopic (exact) mass is 327 g/mol. The molecule has 0 aliphatic carbocycles. The average Bonchev–Trinajstić information content (AvgIpc) is 2.87.